The van der Waals surface area contributed by atoms with Crippen molar-refractivity contribution in [2.45, 2.75) is 48.0 Å². The van der Waals surface area contributed by atoms with Gasteiger partial charge in [0.2, 0.25) is 0 Å². The minimum absolute atomic E-state index is 0.215. The van der Waals surface area contributed by atoms with E-state index in [2.05, 4.69) is 77.2 Å². The van der Waals surface area contributed by atoms with E-state index < -0.39 is 20.4 Å². The van der Waals surface area contributed by atoms with Crippen LogP contribution in [0.3, 0.4) is 0 Å². The molecule has 0 fully saturated rings. The second-order valence-corrected chi connectivity index (χ2v) is 24.9. The van der Waals surface area contributed by atoms with Crippen molar-refractivity contribution in [2.75, 3.05) is 0 Å². The molecule has 0 saturated carbocycles. The number of rotatable bonds is 2. The summed E-state index contributed by atoms with van der Waals surface area (Å²) in [6.07, 6.45) is 4.94. The van der Waals surface area contributed by atoms with Crippen LogP contribution in [0.15, 0.2) is 52.6 Å². The fraction of sp³-hybridized carbons (Fsp3) is 0.400. The van der Waals surface area contributed by atoms with Crippen LogP contribution < -0.4 is 0 Å². The zero-order chi connectivity index (χ0) is 16.0. The summed E-state index contributed by atoms with van der Waals surface area (Å²) in [7, 11) is 0. The van der Waals surface area contributed by atoms with Gasteiger partial charge >= 0.3 is 144 Å². The molecule has 1 aromatic carbocycles. The van der Waals surface area contributed by atoms with Gasteiger partial charge in [0, 0.05) is 0 Å². The Morgan fingerprint density at radius 3 is 2.09 bits per heavy atom. The van der Waals surface area contributed by atoms with Crippen LogP contribution in [0.2, 0.25) is 16.7 Å². The summed E-state index contributed by atoms with van der Waals surface area (Å²) in [5.74, 6) is 0. The van der Waals surface area contributed by atoms with Crippen molar-refractivity contribution >= 4 is 11.5 Å². The first-order chi connectivity index (χ1) is 10.4. The number of hydrogen-bond acceptors (Lipinski definition) is 0. The molecule has 114 valence electrons. The molecule has 2 aliphatic carbocycles. The van der Waals surface area contributed by atoms with Gasteiger partial charge in [0.1, 0.15) is 0 Å². The molecule has 0 N–H and O–H groups in total. The summed E-state index contributed by atoms with van der Waals surface area (Å²) in [5, 5.41) is 0. The van der Waals surface area contributed by atoms with Crippen LogP contribution >= 0.6 is 0 Å². The number of allylic oxidation sites excluding steroid dienone is 5. The molecule has 2 heteroatoms. The van der Waals surface area contributed by atoms with Gasteiger partial charge in [-0.25, -0.2) is 0 Å². The average molecular weight is 386 g/mol. The van der Waals surface area contributed by atoms with Crippen LogP contribution in [0.5, 0.6) is 0 Å². The Morgan fingerprint density at radius 2 is 1.50 bits per heavy atom. The summed E-state index contributed by atoms with van der Waals surface area (Å²) in [5.41, 5.74) is 9.46. The second kappa shape index (κ2) is 6.21. The van der Waals surface area contributed by atoms with E-state index in [1.807, 2.05) is 0 Å². The van der Waals surface area contributed by atoms with Crippen LogP contribution in [0, 0.1) is 0 Å². The monoisotopic (exact) mass is 384 g/mol. The third kappa shape index (κ3) is 2.53. The van der Waals surface area contributed by atoms with Gasteiger partial charge in [-0.1, -0.05) is 0 Å². The van der Waals surface area contributed by atoms with Crippen molar-refractivity contribution in [3.8, 4) is 0 Å². The predicted octanol–water partition coefficient (Wildman–Crippen LogP) is 6.10. The van der Waals surface area contributed by atoms with Gasteiger partial charge < -0.3 is 0 Å². The first-order valence-corrected chi connectivity index (χ1v) is 17.3. The summed E-state index contributed by atoms with van der Waals surface area (Å²) >= 11 is -1.65. The fourth-order valence-corrected chi connectivity index (χ4v) is 24.7. The quantitative estimate of drug-likeness (QED) is 0.540. The normalized spacial score (nSPS) is 20.9. The van der Waals surface area contributed by atoms with Gasteiger partial charge in [-0.15, -0.1) is 0 Å². The summed E-state index contributed by atoms with van der Waals surface area (Å²) in [6, 6.07) is 9.09. The zero-order valence-corrected chi connectivity index (χ0v) is 18.1. The molecule has 1 aromatic rings. The molecule has 2 aliphatic rings. The van der Waals surface area contributed by atoms with Gasteiger partial charge in [0.25, 0.3) is 0 Å². The first-order valence-electron chi connectivity index (χ1n) is 8.23. The Labute approximate surface area is 143 Å². The Bertz CT molecular complexity index is 734. The molecular formula is C20H26SiZr. The molecule has 0 aromatic heterocycles. The molecule has 0 radical (unpaired) electrons. The molecule has 0 spiro atoms. The van der Waals surface area contributed by atoms with E-state index in [1.54, 1.807) is 27.9 Å². The Morgan fingerprint density at radius 1 is 0.909 bits per heavy atom. The number of hydrogen-bond donors (Lipinski definition) is 0. The van der Waals surface area contributed by atoms with Crippen molar-refractivity contribution in [1.29, 1.82) is 0 Å². The van der Waals surface area contributed by atoms with Gasteiger partial charge in [-0.2, -0.15) is 0 Å². The van der Waals surface area contributed by atoms with Gasteiger partial charge in [-0.3, -0.25) is 0 Å². The molecule has 0 nitrogen and oxygen atoms in total. The van der Waals surface area contributed by atoms with Gasteiger partial charge in [0.05, 0.1) is 0 Å². The number of fused-ring (bicyclic) bond motifs is 1. The Kier molecular flexibility index (Phi) is 4.63. The Hall–Kier alpha value is -0.460. The van der Waals surface area contributed by atoms with Crippen LogP contribution in [0.25, 0.3) is 6.08 Å². The maximum atomic E-state index is 2.58. The van der Waals surface area contributed by atoms with E-state index in [9.17, 15) is 0 Å². The standard InChI is InChI=1S/C9H7.C9H13.C2H6Si.Zr/c1-2-5-9-7-3-6-8(9)4-1;1-6-5-7(2)9(4)8(6)3;1-3-2;/h1-7H;5H,1-4H3;1-2H3;. The molecule has 1 unspecified atom stereocenters. The third-order valence-electron chi connectivity index (χ3n) is 5.63. The summed E-state index contributed by atoms with van der Waals surface area (Å²) < 4.78 is 1.63. The van der Waals surface area contributed by atoms with Crippen molar-refractivity contribution in [3.63, 3.8) is 0 Å². The molecule has 0 saturated heterocycles. The maximum absolute atomic E-state index is 2.58. The average Bonchev–Trinajstić information content (AvgIpc) is 2.99. The van der Waals surface area contributed by atoms with Crippen molar-refractivity contribution < 1.29 is 20.4 Å². The van der Waals surface area contributed by atoms with Crippen LogP contribution in [-0.4, -0.2) is 5.43 Å². The molecule has 3 rings (SSSR count). The molecule has 1 atom stereocenters. The minimum atomic E-state index is -1.65. The van der Waals surface area contributed by atoms with Crippen LogP contribution in [0.1, 0.15) is 42.4 Å². The molecule has 0 aliphatic heterocycles. The molecule has 0 bridgehead atoms. The van der Waals surface area contributed by atoms with Gasteiger partial charge in [-0.05, 0) is 0 Å². The van der Waals surface area contributed by atoms with Crippen LogP contribution in [0.4, 0.5) is 0 Å². The topological polar surface area (TPSA) is 0 Å². The fourth-order valence-electron chi connectivity index (χ4n) is 4.12. The van der Waals surface area contributed by atoms with E-state index in [1.165, 1.54) is 5.56 Å². The van der Waals surface area contributed by atoms with E-state index in [0.29, 0.717) is 0 Å². The molecule has 0 amide bonds. The van der Waals surface area contributed by atoms with E-state index in [4.69, 9.17) is 0 Å². The first kappa shape index (κ1) is 16.4. The van der Waals surface area contributed by atoms with Crippen molar-refractivity contribution in [2.24, 2.45) is 0 Å². The van der Waals surface area contributed by atoms with Crippen LogP contribution in [-0.2, 0) is 20.4 Å². The van der Waals surface area contributed by atoms with Crippen molar-refractivity contribution in [3.05, 3.63) is 63.8 Å². The summed E-state index contributed by atoms with van der Waals surface area (Å²) in [4.78, 5) is 0. The third-order valence-corrected chi connectivity index (χ3v) is 25.4. The molecule has 0 heterocycles. The molecule has 22 heavy (non-hydrogen) atoms. The van der Waals surface area contributed by atoms with Gasteiger partial charge in [0.15, 0.2) is 0 Å². The predicted molar refractivity (Wildman–Crippen MR) is 96.2 cm³/mol. The second-order valence-electron chi connectivity index (χ2n) is 6.97. The zero-order valence-electron chi connectivity index (χ0n) is 14.6. The van der Waals surface area contributed by atoms with Crippen molar-refractivity contribution in [1.82, 2.24) is 0 Å². The van der Waals surface area contributed by atoms with E-state index in [0.717, 1.165) is 7.25 Å². The number of benzene rings is 1. The molecular weight excluding hydrogens is 360 g/mol. The SMILES string of the molecule is CC1=C(C)[CH]([Zr]([CH]2C=Cc3ccccc32)=[Si](C)C)C(C)=C1C. The Balaban J connectivity index is 2.13. The van der Waals surface area contributed by atoms with E-state index in [-0.39, 0.29) is 5.43 Å². The van der Waals surface area contributed by atoms with E-state index >= 15 is 0 Å². The summed E-state index contributed by atoms with van der Waals surface area (Å²) in [6.45, 7) is 14.7.